The van der Waals surface area contributed by atoms with Gasteiger partial charge in [-0.2, -0.15) is 18.3 Å². The fourth-order valence-electron chi connectivity index (χ4n) is 4.31. The average Bonchev–Trinajstić information content (AvgIpc) is 3.21. The van der Waals surface area contributed by atoms with Crippen molar-refractivity contribution in [2.75, 3.05) is 13.2 Å². The Morgan fingerprint density at radius 1 is 1.15 bits per heavy atom. The minimum Gasteiger partial charge on any atom is -0.379 e. The minimum atomic E-state index is -4.48. The molecule has 1 N–H and O–H groups in total. The van der Waals surface area contributed by atoms with E-state index >= 15 is 0 Å². The van der Waals surface area contributed by atoms with Gasteiger partial charge in [-0.15, -0.1) is 0 Å². The number of aromatic nitrogens is 3. The number of fused-ring (bicyclic) bond motifs is 3. The molecule has 34 heavy (non-hydrogen) atoms. The first kappa shape index (κ1) is 22.1. The molecule has 0 radical (unpaired) electrons. The Kier molecular flexibility index (Phi) is 5.40. The summed E-state index contributed by atoms with van der Waals surface area (Å²) in [6, 6.07) is 9.19. The number of carbonyl (C=O) groups excluding carboxylic acids is 1. The van der Waals surface area contributed by atoms with Gasteiger partial charge in [-0.25, -0.2) is 0 Å². The lowest BCUT2D eigenvalue weighted by molar-refractivity contribution is -0.137. The van der Waals surface area contributed by atoms with Gasteiger partial charge in [0.1, 0.15) is 5.52 Å². The van der Waals surface area contributed by atoms with Gasteiger partial charge in [-0.1, -0.05) is 0 Å². The average molecular weight is 470 g/mol. The minimum absolute atomic E-state index is 0.0760. The van der Waals surface area contributed by atoms with E-state index in [4.69, 9.17) is 4.74 Å². The molecule has 3 heterocycles. The second-order valence-electron chi connectivity index (χ2n) is 8.37. The van der Waals surface area contributed by atoms with Gasteiger partial charge < -0.3 is 10.1 Å². The predicted octanol–water partition coefficient (Wildman–Crippen LogP) is 3.81. The summed E-state index contributed by atoms with van der Waals surface area (Å²) in [6.45, 7) is 1.14. The summed E-state index contributed by atoms with van der Waals surface area (Å²) in [5.74, 6) is -0.270. The van der Waals surface area contributed by atoms with Crippen molar-refractivity contribution in [1.82, 2.24) is 19.7 Å². The number of amides is 1. The molecule has 1 saturated heterocycles. The van der Waals surface area contributed by atoms with Crippen LogP contribution in [0.1, 0.15) is 28.8 Å². The number of carbonyl (C=O) groups is 1. The molecule has 0 saturated carbocycles. The van der Waals surface area contributed by atoms with E-state index in [9.17, 15) is 22.8 Å². The number of pyridine rings is 1. The smallest absolute Gasteiger partial charge is 0.379 e. The molecule has 1 amide bonds. The molecule has 0 spiro atoms. The third-order valence-corrected chi connectivity index (χ3v) is 5.97. The van der Waals surface area contributed by atoms with Gasteiger partial charge >= 0.3 is 6.18 Å². The zero-order chi connectivity index (χ0) is 24.0. The van der Waals surface area contributed by atoms with E-state index in [-0.39, 0.29) is 17.6 Å². The molecular formula is C24H21F3N4O3. The summed E-state index contributed by atoms with van der Waals surface area (Å²) >= 11 is 0. The summed E-state index contributed by atoms with van der Waals surface area (Å²) in [6.07, 6.45) is -1.22. The Bertz CT molecular complexity index is 1450. The van der Waals surface area contributed by atoms with E-state index < -0.39 is 17.3 Å². The Labute approximate surface area is 191 Å². The highest BCUT2D eigenvalue weighted by molar-refractivity contribution is 6.07. The first-order valence-electron chi connectivity index (χ1n) is 10.8. The molecule has 176 valence electrons. The van der Waals surface area contributed by atoms with Crippen molar-refractivity contribution < 1.29 is 22.7 Å². The highest BCUT2D eigenvalue weighted by Gasteiger charge is 2.30. The van der Waals surface area contributed by atoms with Crippen LogP contribution < -0.4 is 10.9 Å². The number of alkyl halides is 3. The van der Waals surface area contributed by atoms with Gasteiger partial charge in [-0.05, 0) is 55.3 Å². The van der Waals surface area contributed by atoms with Crippen molar-refractivity contribution in [2.24, 2.45) is 7.05 Å². The molecule has 2 aromatic heterocycles. The summed E-state index contributed by atoms with van der Waals surface area (Å²) < 4.78 is 47.3. The van der Waals surface area contributed by atoms with Crippen molar-refractivity contribution in [2.45, 2.75) is 25.1 Å². The number of nitrogens with zero attached hydrogens (tertiary/aromatic N) is 3. The third kappa shape index (κ3) is 3.94. The number of aryl methyl sites for hydroxylation is 1. The topological polar surface area (TPSA) is 78.2 Å². The SMILES string of the molecule is Cn1cc2c(=O)n(-c3ccc(C(F)(F)F)cc3)c3ccc(C(=O)N[C@@H]4CCCOC4)cc3c2n1. The summed E-state index contributed by atoms with van der Waals surface area (Å²) in [5, 5.41) is 8.21. The van der Waals surface area contributed by atoms with Crippen LogP contribution in [0.5, 0.6) is 0 Å². The number of benzene rings is 2. The molecular weight excluding hydrogens is 449 g/mol. The quantitative estimate of drug-likeness (QED) is 0.494. The molecule has 2 aromatic carbocycles. The predicted molar refractivity (Wildman–Crippen MR) is 120 cm³/mol. The first-order chi connectivity index (χ1) is 16.2. The van der Waals surface area contributed by atoms with Crippen LogP contribution in [0.3, 0.4) is 0 Å². The summed E-state index contributed by atoms with van der Waals surface area (Å²) in [4.78, 5) is 26.2. The van der Waals surface area contributed by atoms with Crippen LogP contribution in [-0.2, 0) is 18.0 Å². The van der Waals surface area contributed by atoms with Crippen molar-refractivity contribution in [3.05, 3.63) is 70.1 Å². The largest absolute Gasteiger partial charge is 0.416 e. The summed E-state index contributed by atoms with van der Waals surface area (Å²) in [5.41, 5.74) is 0.316. The van der Waals surface area contributed by atoms with Gasteiger partial charge in [0.2, 0.25) is 0 Å². The van der Waals surface area contributed by atoms with Crippen molar-refractivity contribution >= 4 is 27.7 Å². The molecule has 0 unspecified atom stereocenters. The maximum atomic E-state index is 13.3. The standard InChI is InChI=1S/C24H21F3N4O3/c1-30-12-19-21(29-30)18-11-14(22(32)28-16-3-2-10-34-13-16)4-9-20(18)31(23(19)33)17-7-5-15(6-8-17)24(25,26)27/h4-9,11-12,16H,2-3,10,13H2,1H3,(H,28,32)/t16-/m1/s1. The van der Waals surface area contributed by atoms with Gasteiger partial charge in [0, 0.05) is 36.5 Å². The number of ether oxygens (including phenoxy) is 1. The number of hydrogen-bond donors (Lipinski definition) is 1. The van der Waals surface area contributed by atoms with E-state index in [1.54, 1.807) is 31.4 Å². The van der Waals surface area contributed by atoms with Gasteiger partial charge in [0.25, 0.3) is 11.5 Å². The van der Waals surface area contributed by atoms with Crippen LogP contribution >= 0.6 is 0 Å². The molecule has 0 aliphatic carbocycles. The zero-order valence-electron chi connectivity index (χ0n) is 18.2. The molecule has 1 atom stereocenters. The molecule has 4 aromatic rings. The lowest BCUT2D eigenvalue weighted by Gasteiger charge is -2.23. The maximum Gasteiger partial charge on any atom is 0.416 e. The molecule has 10 heteroatoms. The Hall–Kier alpha value is -3.66. The van der Waals surface area contributed by atoms with E-state index in [1.807, 2.05) is 0 Å². The van der Waals surface area contributed by atoms with Crippen LogP contribution in [-0.4, -0.2) is 39.5 Å². The Morgan fingerprint density at radius 3 is 2.59 bits per heavy atom. The number of rotatable bonds is 3. The van der Waals surface area contributed by atoms with Crippen molar-refractivity contribution in [3.63, 3.8) is 0 Å². The third-order valence-electron chi connectivity index (χ3n) is 5.97. The van der Waals surface area contributed by atoms with Crippen LogP contribution in [0, 0.1) is 0 Å². The lowest BCUT2D eigenvalue weighted by Crippen LogP contribution is -2.40. The van der Waals surface area contributed by atoms with Gasteiger partial charge in [0.15, 0.2) is 0 Å². The van der Waals surface area contributed by atoms with E-state index in [0.717, 1.165) is 25.0 Å². The first-order valence-corrected chi connectivity index (χ1v) is 10.8. The van der Waals surface area contributed by atoms with Crippen molar-refractivity contribution in [3.8, 4) is 5.69 Å². The van der Waals surface area contributed by atoms with Crippen LogP contribution in [0.4, 0.5) is 13.2 Å². The zero-order valence-corrected chi connectivity index (χ0v) is 18.2. The van der Waals surface area contributed by atoms with Crippen LogP contribution in [0.25, 0.3) is 27.5 Å². The second kappa shape index (κ2) is 8.28. The fourth-order valence-corrected chi connectivity index (χ4v) is 4.31. The number of hydrogen-bond acceptors (Lipinski definition) is 4. The molecule has 1 aliphatic rings. The van der Waals surface area contributed by atoms with E-state index in [2.05, 4.69) is 10.4 Å². The Balaban J connectivity index is 1.65. The number of nitrogens with one attached hydrogen (secondary N) is 1. The highest BCUT2D eigenvalue weighted by atomic mass is 19.4. The maximum absolute atomic E-state index is 13.3. The normalized spacial score (nSPS) is 16.8. The monoisotopic (exact) mass is 470 g/mol. The van der Waals surface area contributed by atoms with Gasteiger partial charge in [-0.3, -0.25) is 18.8 Å². The van der Waals surface area contributed by atoms with Crippen LogP contribution in [0.2, 0.25) is 0 Å². The van der Waals surface area contributed by atoms with E-state index in [1.165, 1.54) is 21.4 Å². The summed E-state index contributed by atoms with van der Waals surface area (Å²) in [7, 11) is 1.67. The Morgan fingerprint density at radius 2 is 1.91 bits per heavy atom. The number of halogens is 3. The lowest BCUT2D eigenvalue weighted by atomic mass is 10.1. The molecule has 1 fully saturated rings. The molecule has 7 nitrogen and oxygen atoms in total. The fraction of sp³-hybridized carbons (Fsp3) is 0.292. The van der Waals surface area contributed by atoms with Crippen LogP contribution in [0.15, 0.2) is 53.5 Å². The van der Waals surface area contributed by atoms with E-state index in [0.29, 0.717) is 40.6 Å². The molecule has 5 rings (SSSR count). The van der Waals surface area contributed by atoms with Gasteiger partial charge in [0.05, 0.1) is 29.1 Å². The molecule has 1 aliphatic heterocycles. The molecule has 0 bridgehead atoms. The second-order valence-corrected chi connectivity index (χ2v) is 8.37. The highest BCUT2D eigenvalue weighted by Crippen LogP contribution is 2.31. The van der Waals surface area contributed by atoms with Crippen molar-refractivity contribution in [1.29, 1.82) is 0 Å².